The third-order valence-electron chi connectivity index (χ3n) is 6.56. The van der Waals surface area contributed by atoms with E-state index in [4.69, 9.17) is 10.8 Å². The summed E-state index contributed by atoms with van der Waals surface area (Å²) in [5, 5.41) is 5.04. The lowest BCUT2D eigenvalue weighted by Gasteiger charge is -2.36. The van der Waals surface area contributed by atoms with E-state index in [0.29, 0.717) is 6.07 Å². The Hall–Kier alpha value is -4.98. The van der Waals surface area contributed by atoms with E-state index in [1.165, 1.54) is 6.07 Å². The zero-order valence-corrected chi connectivity index (χ0v) is 19.9. The van der Waals surface area contributed by atoms with Gasteiger partial charge in [0.2, 0.25) is 0 Å². The molecule has 0 bridgehead atoms. The van der Waals surface area contributed by atoms with Crippen LogP contribution in [0.5, 0.6) is 0 Å². The molecule has 3 aromatic heterocycles. The van der Waals surface area contributed by atoms with E-state index in [-0.39, 0.29) is 22.4 Å². The molecule has 0 radical (unpaired) electrons. The van der Waals surface area contributed by atoms with Gasteiger partial charge in [-0.2, -0.15) is 5.10 Å². The molecule has 0 unspecified atom stereocenters. The Morgan fingerprint density at radius 3 is 1.71 bits per heavy atom. The Kier molecular flexibility index (Phi) is 5.64. The average Bonchev–Trinajstić information content (AvgIpc) is 3.31. The maximum absolute atomic E-state index is 15.1. The maximum Gasteiger partial charge on any atom is 0.168 e. The second-order valence-corrected chi connectivity index (χ2v) is 8.78. The van der Waals surface area contributed by atoms with Gasteiger partial charge in [0.25, 0.3) is 0 Å². The number of benzene rings is 3. The number of hydrogen-bond donors (Lipinski definition) is 1. The summed E-state index contributed by atoms with van der Waals surface area (Å²) in [6.07, 6.45) is 1.08. The van der Waals surface area contributed by atoms with Crippen molar-refractivity contribution in [3.05, 3.63) is 143 Å². The van der Waals surface area contributed by atoms with Crippen molar-refractivity contribution >= 4 is 16.9 Å². The summed E-state index contributed by atoms with van der Waals surface area (Å²) in [5.74, 6) is -3.10. The minimum Gasteiger partial charge on any atom is -0.381 e. The summed E-state index contributed by atoms with van der Waals surface area (Å²) in [5.41, 5.74) is 7.07. The van der Waals surface area contributed by atoms with Crippen molar-refractivity contribution in [3.63, 3.8) is 0 Å². The zero-order valence-electron chi connectivity index (χ0n) is 19.9. The van der Waals surface area contributed by atoms with Gasteiger partial charge in [0.15, 0.2) is 23.1 Å². The minimum atomic E-state index is -1.10. The molecule has 0 aliphatic heterocycles. The third-order valence-corrected chi connectivity index (χ3v) is 6.56. The van der Waals surface area contributed by atoms with Gasteiger partial charge >= 0.3 is 0 Å². The number of halogens is 3. The molecule has 0 saturated carbocycles. The lowest BCUT2D eigenvalue weighted by molar-refractivity contribution is 0.472. The first-order valence-corrected chi connectivity index (χ1v) is 11.8. The first-order valence-electron chi connectivity index (χ1n) is 11.8. The molecular weight excluding hydrogens is 487 g/mol. The molecule has 0 aliphatic carbocycles. The van der Waals surface area contributed by atoms with Gasteiger partial charge in [-0.1, -0.05) is 91.0 Å². The summed E-state index contributed by atoms with van der Waals surface area (Å²) >= 11 is 0. The predicted molar refractivity (Wildman–Crippen MR) is 140 cm³/mol. The van der Waals surface area contributed by atoms with Crippen molar-refractivity contribution < 1.29 is 13.2 Å². The van der Waals surface area contributed by atoms with Gasteiger partial charge < -0.3 is 5.73 Å². The number of nitrogens with zero attached hydrogens (tertiary/aromatic N) is 4. The van der Waals surface area contributed by atoms with Crippen LogP contribution in [0.2, 0.25) is 0 Å². The molecule has 6 aromatic rings. The van der Waals surface area contributed by atoms with Crippen molar-refractivity contribution in [1.82, 2.24) is 19.7 Å². The molecule has 3 heterocycles. The summed E-state index contributed by atoms with van der Waals surface area (Å²) in [7, 11) is 0. The summed E-state index contributed by atoms with van der Waals surface area (Å²) in [4.78, 5) is 8.35. The van der Waals surface area contributed by atoms with E-state index in [1.54, 1.807) is 4.68 Å². The standard InChI is InChI=1S/C30H20F3N5/c31-22-16-23-26(27-24(32)17-25(33)28(34)36-27)37-38(29(23)35-18-22)30(19-10-4-1-5-11-19,20-12-6-2-7-13-20)21-14-8-3-9-15-21/h1-18H,(H2,34,36). The van der Waals surface area contributed by atoms with Gasteiger partial charge in [-0.25, -0.2) is 27.8 Å². The number of pyridine rings is 2. The lowest BCUT2D eigenvalue weighted by atomic mass is 9.77. The summed E-state index contributed by atoms with van der Waals surface area (Å²) in [6.45, 7) is 0. The quantitative estimate of drug-likeness (QED) is 0.277. The van der Waals surface area contributed by atoms with Crippen LogP contribution in [0.1, 0.15) is 16.7 Å². The van der Waals surface area contributed by atoms with Crippen LogP contribution in [0, 0.1) is 17.5 Å². The molecule has 0 atom stereocenters. The van der Waals surface area contributed by atoms with E-state index < -0.39 is 28.8 Å². The number of rotatable bonds is 5. The topological polar surface area (TPSA) is 69.6 Å². The fraction of sp³-hybridized carbons (Fsp3) is 0.0333. The first-order chi connectivity index (χ1) is 18.5. The van der Waals surface area contributed by atoms with Crippen molar-refractivity contribution in [2.24, 2.45) is 0 Å². The van der Waals surface area contributed by atoms with E-state index in [0.717, 1.165) is 22.9 Å². The summed E-state index contributed by atoms with van der Waals surface area (Å²) in [6, 6.07) is 30.9. The molecule has 0 aliphatic rings. The van der Waals surface area contributed by atoms with Crippen LogP contribution in [0.4, 0.5) is 19.0 Å². The predicted octanol–water partition coefficient (Wildman–Crippen LogP) is 6.33. The molecule has 38 heavy (non-hydrogen) atoms. The van der Waals surface area contributed by atoms with Crippen molar-refractivity contribution in [2.45, 2.75) is 5.54 Å². The normalized spacial score (nSPS) is 11.7. The Morgan fingerprint density at radius 1 is 0.658 bits per heavy atom. The number of aromatic nitrogens is 4. The molecule has 0 fully saturated rings. The molecular formula is C30H20F3N5. The van der Waals surface area contributed by atoms with Crippen molar-refractivity contribution in [3.8, 4) is 11.4 Å². The van der Waals surface area contributed by atoms with Crippen molar-refractivity contribution in [1.29, 1.82) is 0 Å². The SMILES string of the molecule is Nc1nc(-c2nn(C(c3ccccc3)(c3ccccc3)c3ccccc3)c3ncc(F)cc23)c(F)cc1F. The van der Waals surface area contributed by atoms with Crippen LogP contribution in [-0.2, 0) is 5.54 Å². The second kappa shape index (κ2) is 9.15. The molecule has 0 saturated heterocycles. The molecule has 6 rings (SSSR count). The molecule has 0 spiro atoms. The van der Waals surface area contributed by atoms with Gasteiger partial charge in [-0.05, 0) is 22.8 Å². The highest BCUT2D eigenvalue weighted by Gasteiger charge is 2.41. The Bertz CT molecular complexity index is 1660. The number of nitrogens with two attached hydrogens (primary N) is 1. The first kappa shape index (κ1) is 23.4. The number of anilines is 1. The van der Waals surface area contributed by atoms with Crippen LogP contribution in [0.3, 0.4) is 0 Å². The van der Waals surface area contributed by atoms with Crippen LogP contribution in [0.25, 0.3) is 22.4 Å². The molecule has 0 amide bonds. The molecule has 3 aromatic carbocycles. The smallest absolute Gasteiger partial charge is 0.168 e. The van der Waals surface area contributed by atoms with Gasteiger partial charge in [0.05, 0.1) is 11.6 Å². The number of hydrogen-bond acceptors (Lipinski definition) is 4. The van der Waals surface area contributed by atoms with Gasteiger partial charge in [-0.15, -0.1) is 0 Å². The van der Waals surface area contributed by atoms with Crippen molar-refractivity contribution in [2.75, 3.05) is 5.73 Å². The summed E-state index contributed by atoms with van der Waals surface area (Å²) < 4.78 is 45.3. The average molecular weight is 508 g/mol. The van der Waals surface area contributed by atoms with E-state index in [2.05, 4.69) is 9.97 Å². The molecule has 186 valence electrons. The molecule has 8 heteroatoms. The van der Waals surface area contributed by atoms with Gasteiger partial charge in [0.1, 0.15) is 22.7 Å². The third kappa shape index (κ3) is 3.61. The zero-order chi connectivity index (χ0) is 26.3. The lowest BCUT2D eigenvalue weighted by Crippen LogP contribution is -2.38. The van der Waals surface area contributed by atoms with E-state index in [1.807, 2.05) is 91.0 Å². The van der Waals surface area contributed by atoms with Crippen LogP contribution >= 0.6 is 0 Å². The Morgan fingerprint density at radius 2 is 1.18 bits per heavy atom. The molecule has 2 N–H and O–H groups in total. The Labute approximate surface area is 216 Å². The number of nitrogen functional groups attached to an aromatic ring is 1. The highest BCUT2D eigenvalue weighted by Crippen LogP contribution is 2.43. The van der Waals surface area contributed by atoms with Crippen LogP contribution in [0.15, 0.2) is 109 Å². The van der Waals surface area contributed by atoms with Crippen LogP contribution in [-0.4, -0.2) is 19.7 Å². The Balaban J connectivity index is 1.80. The fourth-order valence-corrected chi connectivity index (χ4v) is 4.94. The largest absolute Gasteiger partial charge is 0.381 e. The monoisotopic (exact) mass is 507 g/mol. The van der Waals surface area contributed by atoms with E-state index in [9.17, 15) is 8.78 Å². The minimum absolute atomic E-state index is 0.0108. The van der Waals surface area contributed by atoms with E-state index >= 15 is 4.39 Å². The highest BCUT2D eigenvalue weighted by molar-refractivity contribution is 5.91. The number of fused-ring (bicyclic) bond motifs is 1. The van der Waals surface area contributed by atoms with Crippen LogP contribution < -0.4 is 5.73 Å². The maximum atomic E-state index is 15.1. The fourth-order valence-electron chi connectivity index (χ4n) is 4.94. The highest BCUT2D eigenvalue weighted by atomic mass is 19.1. The van der Waals surface area contributed by atoms with Gasteiger partial charge in [-0.3, -0.25) is 0 Å². The second-order valence-electron chi connectivity index (χ2n) is 8.78. The molecule has 5 nitrogen and oxygen atoms in total. The van der Waals surface area contributed by atoms with Gasteiger partial charge in [0, 0.05) is 6.07 Å².